The summed E-state index contributed by atoms with van der Waals surface area (Å²) in [5, 5.41) is 0. The minimum Gasteiger partial charge on any atom is -0.444 e. The molecule has 2 aliphatic heterocycles. The number of amides is 1. The van der Waals surface area contributed by atoms with Crippen LogP contribution in [0.2, 0.25) is 0 Å². The summed E-state index contributed by atoms with van der Waals surface area (Å²) in [4.78, 5) is 16.4. The second kappa shape index (κ2) is 8.36. The Balaban J connectivity index is 1.75. The molecule has 0 radical (unpaired) electrons. The Bertz CT molecular complexity index is 658. The van der Waals surface area contributed by atoms with Crippen molar-refractivity contribution in [3.63, 3.8) is 0 Å². The minimum absolute atomic E-state index is 0.334. The summed E-state index contributed by atoms with van der Waals surface area (Å²) < 4.78 is 34.6. The topological polar surface area (TPSA) is 32.8 Å². The molecule has 2 fully saturated rings. The number of halogens is 2. The molecule has 2 saturated heterocycles. The van der Waals surface area contributed by atoms with Gasteiger partial charge in [0.15, 0.2) is 0 Å². The summed E-state index contributed by atoms with van der Waals surface area (Å²) >= 11 is 0. The molecule has 1 aromatic carbocycles. The normalized spacial score (nSPS) is 21.5. The Kier molecular flexibility index (Phi) is 6.28. The van der Waals surface area contributed by atoms with Crippen molar-refractivity contribution in [1.29, 1.82) is 0 Å². The maximum atomic E-state index is 15.8. The second-order valence-electron chi connectivity index (χ2n) is 9.23. The van der Waals surface area contributed by atoms with Gasteiger partial charge in [0.05, 0.1) is 0 Å². The van der Waals surface area contributed by atoms with Crippen molar-refractivity contribution >= 4 is 6.09 Å². The van der Waals surface area contributed by atoms with Crippen LogP contribution in [0, 0.1) is 11.2 Å². The zero-order valence-corrected chi connectivity index (χ0v) is 17.2. The first kappa shape index (κ1) is 21.0. The fourth-order valence-corrected chi connectivity index (χ4v) is 4.32. The van der Waals surface area contributed by atoms with E-state index in [0.29, 0.717) is 38.0 Å². The average Bonchev–Trinajstić information content (AvgIpc) is 3.13. The molecule has 1 unspecified atom stereocenters. The van der Waals surface area contributed by atoms with Crippen molar-refractivity contribution in [2.75, 3.05) is 32.7 Å². The first-order valence-corrected chi connectivity index (χ1v) is 10.3. The number of benzene rings is 1. The van der Waals surface area contributed by atoms with Crippen LogP contribution in [0.5, 0.6) is 0 Å². The number of piperidine rings is 1. The molecule has 2 heterocycles. The highest BCUT2D eigenvalue weighted by atomic mass is 19.1. The number of hydrogen-bond donors (Lipinski definition) is 0. The Morgan fingerprint density at radius 1 is 1.11 bits per heavy atom. The Hall–Kier alpha value is -1.69. The number of ether oxygens (including phenoxy) is 1. The maximum absolute atomic E-state index is 15.8. The largest absolute Gasteiger partial charge is 0.444 e. The molecular formula is C22H32F2N2O2. The van der Waals surface area contributed by atoms with Crippen molar-refractivity contribution in [1.82, 2.24) is 9.80 Å². The number of hydrogen-bond acceptors (Lipinski definition) is 3. The minimum atomic E-state index is -1.19. The van der Waals surface area contributed by atoms with Gasteiger partial charge in [-0.05, 0) is 77.2 Å². The summed E-state index contributed by atoms with van der Waals surface area (Å²) in [6.07, 6.45) is 1.91. The summed E-state index contributed by atoms with van der Waals surface area (Å²) in [6, 6.07) is 5.74. The van der Waals surface area contributed by atoms with Crippen LogP contribution in [0.15, 0.2) is 24.3 Å². The summed E-state index contributed by atoms with van der Waals surface area (Å²) in [5.74, 6) is -0.357. The van der Waals surface area contributed by atoms with Gasteiger partial charge in [-0.1, -0.05) is 12.1 Å². The third-order valence-corrected chi connectivity index (χ3v) is 5.85. The molecule has 1 amide bonds. The molecule has 4 nitrogen and oxygen atoms in total. The molecule has 156 valence electrons. The number of rotatable bonds is 4. The van der Waals surface area contributed by atoms with Gasteiger partial charge in [0.25, 0.3) is 0 Å². The molecule has 28 heavy (non-hydrogen) atoms. The van der Waals surface area contributed by atoms with Crippen LogP contribution in [0.25, 0.3) is 0 Å². The SMILES string of the molecule is CC(C)(C)OC(=O)N1CCC(CN2CCCC2)(C(F)c2ccc(F)cc2)CC1. The van der Waals surface area contributed by atoms with Crippen molar-refractivity contribution in [2.45, 2.75) is 58.2 Å². The van der Waals surface area contributed by atoms with E-state index >= 15 is 4.39 Å². The van der Waals surface area contributed by atoms with Crippen LogP contribution in [-0.2, 0) is 4.74 Å². The molecule has 1 aromatic rings. The Labute approximate surface area is 166 Å². The third-order valence-electron chi connectivity index (χ3n) is 5.85. The van der Waals surface area contributed by atoms with Crippen molar-refractivity contribution in [3.8, 4) is 0 Å². The molecule has 1 atom stereocenters. The standard InChI is InChI=1S/C22H32F2N2O2/c1-21(2,3)28-20(27)26-14-10-22(11-15-26,16-25-12-4-5-13-25)19(24)17-6-8-18(23)9-7-17/h6-9,19H,4-5,10-16H2,1-3H3. The number of carbonyl (C=O) groups excluding carboxylic acids is 1. The lowest BCUT2D eigenvalue weighted by atomic mass is 9.72. The van der Waals surface area contributed by atoms with Gasteiger partial charge in [0, 0.05) is 25.0 Å². The van der Waals surface area contributed by atoms with Gasteiger partial charge in [-0.2, -0.15) is 0 Å². The lowest BCUT2D eigenvalue weighted by Gasteiger charge is -2.45. The molecule has 0 aromatic heterocycles. The van der Waals surface area contributed by atoms with Crippen LogP contribution in [0.3, 0.4) is 0 Å². The molecule has 0 saturated carbocycles. The summed E-state index contributed by atoms with van der Waals surface area (Å²) in [7, 11) is 0. The zero-order valence-electron chi connectivity index (χ0n) is 17.2. The van der Waals surface area contributed by atoms with E-state index in [1.54, 1.807) is 17.0 Å². The Morgan fingerprint density at radius 2 is 1.68 bits per heavy atom. The molecule has 0 N–H and O–H groups in total. The van der Waals surface area contributed by atoms with Crippen molar-refractivity contribution in [3.05, 3.63) is 35.6 Å². The molecule has 0 aliphatic carbocycles. The van der Waals surface area contributed by atoms with Crippen molar-refractivity contribution in [2.24, 2.45) is 5.41 Å². The lowest BCUT2D eigenvalue weighted by Crippen LogP contribution is -2.50. The highest BCUT2D eigenvalue weighted by Crippen LogP contribution is 2.46. The first-order chi connectivity index (χ1) is 13.2. The number of carbonyl (C=O) groups is 1. The van der Waals surface area contributed by atoms with E-state index in [0.717, 1.165) is 25.9 Å². The number of alkyl halides is 1. The van der Waals surface area contributed by atoms with E-state index in [-0.39, 0.29) is 11.9 Å². The molecular weight excluding hydrogens is 362 g/mol. The smallest absolute Gasteiger partial charge is 0.410 e. The Morgan fingerprint density at radius 3 is 2.21 bits per heavy atom. The van der Waals surface area contributed by atoms with Gasteiger partial charge in [-0.25, -0.2) is 13.6 Å². The van der Waals surface area contributed by atoms with Crippen LogP contribution in [-0.4, -0.2) is 54.2 Å². The average molecular weight is 395 g/mol. The van der Waals surface area contributed by atoms with Gasteiger partial charge in [-0.3, -0.25) is 0 Å². The van der Waals surface area contributed by atoms with Crippen LogP contribution < -0.4 is 0 Å². The molecule has 2 aliphatic rings. The summed E-state index contributed by atoms with van der Waals surface area (Å²) in [5.41, 5.74) is -0.593. The zero-order chi connectivity index (χ0) is 20.4. The van der Waals surface area contributed by atoms with Gasteiger partial charge in [-0.15, -0.1) is 0 Å². The van der Waals surface area contributed by atoms with Gasteiger partial charge < -0.3 is 14.5 Å². The van der Waals surface area contributed by atoms with Gasteiger partial charge in [0.1, 0.15) is 17.6 Å². The van der Waals surface area contributed by atoms with Crippen molar-refractivity contribution < 1.29 is 18.3 Å². The van der Waals surface area contributed by atoms with Crippen LogP contribution in [0.4, 0.5) is 13.6 Å². The molecule has 0 bridgehead atoms. The van der Waals surface area contributed by atoms with E-state index < -0.39 is 17.2 Å². The monoisotopic (exact) mass is 394 g/mol. The van der Waals surface area contributed by atoms with E-state index in [1.807, 2.05) is 20.8 Å². The molecule has 6 heteroatoms. The van der Waals surface area contributed by atoms with E-state index in [9.17, 15) is 9.18 Å². The fourth-order valence-electron chi connectivity index (χ4n) is 4.32. The maximum Gasteiger partial charge on any atom is 0.410 e. The number of nitrogens with zero attached hydrogens (tertiary/aromatic N) is 2. The highest BCUT2D eigenvalue weighted by molar-refractivity contribution is 5.68. The third kappa shape index (κ3) is 5.02. The molecule has 3 rings (SSSR count). The number of likely N-dealkylation sites (tertiary alicyclic amines) is 2. The quantitative estimate of drug-likeness (QED) is 0.724. The van der Waals surface area contributed by atoms with Crippen LogP contribution >= 0.6 is 0 Å². The predicted octanol–water partition coefficient (Wildman–Crippen LogP) is 4.95. The second-order valence-corrected chi connectivity index (χ2v) is 9.23. The predicted molar refractivity (Wildman–Crippen MR) is 105 cm³/mol. The summed E-state index contributed by atoms with van der Waals surface area (Å²) in [6.45, 7) is 9.15. The van der Waals surface area contributed by atoms with Gasteiger partial charge in [0.2, 0.25) is 0 Å². The van der Waals surface area contributed by atoms with E-state index in [1.165, 1.54) is 12.1 Å². The molecule has 0 spiro atoms. The van der Waals surface area contributed by atoms with E-state index in [4.69, 9.17) is 4.74 Å². The fraction of sp³-hybridized carbons (Fsp3) is 0.682. The highest BCUT2D eigenvalue weighted by Gasteiger charge is 2.45. The van der Waals surface area contributed by atoms with Gasteiger partial charge >= 0.3 is 6.09 Å². The van der Waals surface area contributed by atoms with Crippen LogP contribution in [0.1, 0.15) is 58.2 Å². The van der Waals surface area contributed by atoms with E-state index in [2.05, 4.69) is 4.90 Å². The first-order valence-electron chi connectivity index (χ1n) is 10.3. The lowest BCUT2D eigenvalue weighted by molar-refractivity contribution is -0.0195.